The average Bonchev–Trinajstić information content (AvgIpc) is 2.70. The maximum atomic E-state index is 13.1. The number of benzene rings is 2. The number of carbonyl (C=O) groups excluding carboxylic acids is 1. The maximum Gasteiger partial charge on any atom is 0.266 e. The number of halogens is 1. The highest BCUT2D eigenvalue weighted by molar-refractivity contribution is 5.97. The van der Waals surface area contributed by atoms with E-state index in [2.05, 4.69) is 10.2 Å². The molecule has 0 spiro atoms. The highest BCUT2D eigenvalue weighted by atomic mass is 19.1. The van der Waals surface area contributed by atoms with Crippen molar-refractivity contribution in [2.45, 2.75) is 13.8 Å². The van der Waals surface area contributed by atoms with Crippen LogP contribution in [-0.4, -0.2) is 37.0 Å². The molecule has 1 aliphatic rings. The highest BCUT2D eigenvalue weighted by Crippen LogP contribution is 2.19. The Bertz CT molecular complexity index is 923. The van der Waals surface area contributed by atoms with E-state index in [4.69, 9.17) is 0 Å². The monoisotopic (exact) mass is 378 g/mol. The van der Waals surface area contributed by atoms with E-state index in [1.54, 1.807) is 17.0 Å². The third-order valence-corrected chi connectivity index (χ3v) is 4.86. The Morgan fingerprint density at radius 2 is 1.79 bits per heavy atom. The van der Waals surface area contributed by atoms with Gasteiger partial charge in [0.2, 0.25) is 0 Å². The fourth-order valence-electron chi connectivity index (χ4n) is 3.26. The van der Waals surface area contributed by atoms with Gasteiger partial charge in [0.1, 0.15) is 17.5 Å². The summed E-state index contributed by atoms with van der Waals surface area (Å²) in [7, 11) is 0. The summed E-state index contributed by atoms with van der Waals surface area (Å²) in [5.74, 6) is -0.545. The summed E-state index contributed by atoms with van der Waals surface area (Å²) in [5, 5.41) is 12.5. The summed E-state index contributed by atoms with van der Waals surface area (Å²) in [6.07, 6.45) is 1.48. The molecule has 1 amide bonds. The number of hydrogen-bond donors (Lipinski definition) is 1. The molecule has 0 aliphatic carbocycles. The Balaban J connectivity index is 1.62. The van der Waals surface area contributed by atoms with Crippen molar-refractivity contribution in [3.63, 3.8) is 0 Å². The van der Waals surface area contributed by atoms with Crippen LogP contribution >= 0.6 is 0 Å². The molecule has 0 bridgehead atoms. The number of hydrogen-bond acceptors (Lipinski definition) is 4. The van der Waals surface area contributed by atoms with Crippen LogP contribution in [0.4, 0.5) is 15.8 Å². The molecule has 1 aliphatic heterocycles. The van der Waals surface area contributed by atoms with Gasteiger partial charge < -0.3 is 15.1 Å². The summed E-state index contributed by atoms with van der Waals surface area (Å²) >= 11 is 0. The van der Waals surface area contributed by atoms with Crippen molar-refractivity contribution in [2.24, 2.45) is 0 Å². The molecule has 1 saturated heterocycles. The zero-order valence-electron chi connectivity index (χ0n) is 16.1. The van der Waals surface area contributed by atoms with Crippen LogP contribution < -0.4 is 10.2 Å². The second-order valence-corrected chi connectivity index (χ2v) is 6.89. The summed E-state index contributed by atoms with van der Waals surface area (Å²) in [6, 6.07) is 14.3. The molecule has 0 unspecified atom stereocenters. The van der Waals surface area contributed by atoms with Gasteiger partial charge in [-0.05, 0) is 49.7 Å². The number of amides is 1. The van der Waals surface area contributed by atoms with E-state index in [1.165, 1.54) is 18.3 Å². The molecule has 0 aromatic heterocycles. The van der Waals surface area contributed by atoms with Crippen LogP contribution in [0.3, 0.4) is 0 Å². The predicted octanol–water partition coefficient (Wildman–Crippen LogP) is 3.61. The van der Waals surface area contributed by atoms with E-state index in [1.807, 2.05) is 38.1 Å². The molecular formula is C22H23FN4O. The standard InChI is InChI=1S/C22H23FN4O/c1-16-3-8-21(17(2)13-16)25-15-18(14-24)22(28)27-11-9-26(10-12-27)20-6-4-19(23)5-7-20/h3-8,13,15,25H,9-12H2,1-2H3/b18-15-. The van der Waals surface area contributed by atoms with Crippen LogP contribution in [0.15, 0.2) is 54.2 Å². The van der Waals surface area contributed by atoms with Gasteiger partial charge in [-0.1, -0.05) is 17.7 Å². The van der Waals surface area contributed by atoms with Crippen molar-refractivity contribution in [3.05, 3.63) is 71.2 Å². The second-order valence-electron chi connectivity index (χ2n) is 6.89. The summed E-state index contributed by atoms with van der Waals surface area (Å²) in [5.41, 5.74) is 4.08. The van der Waals surface area contributed by atoms with Crippen molar-refractivity contribution in [2.75, 3.05) is 36.4 Å². The average molecular weight is 378 g/mol. The third-order valence-electron chi connectivity index (χ3n) is 4.86. The largest absolute Gasteiger partial charge is 0.368 e. The van der Waals surface area contributed by atoms with Gasteiger partial charge in [0.15, 0.2) is 0 Å². The molecule has 0 saturated carbocycles. The Kier molecular flexibility index (Phi) is 5.95. The SMILES string of the molecule is Cc1ccc(N/C=C(/C#N)C(=O)N2CCN(c3ccc(F)cc3)CC2)c(C)c1. The van der Waals surface area contributed by atoms with Gasteiger partial charge in [-0.3, -0.25) is 4.79 Å². The lowest BCUT2D eigenvalue weighted by atomic mass is 10.1. The minimum Gasteiger partial charge on any atom is -0.368 e. The van der Waals surface area contributed by atoms with Crippen molar-refractivity contribution in [1.29, 1.82) is 5.26 Å². The molecule has 5 nitrogen and oxygen atoms in total. The van der Waals surface area contributed by atoms with E-state index in [9.17, 15) is 14.4 Å². The second kappa shape index (κ2) is 8.57. The molecule has 1 N–H and O–H groups in total. The summed E-state index contributed by atoms with van der Waals surface area (Å²) < 4.78 is 13.1. The molecule has 6 heteroatoms. The number of carbonyl (C=O) groups is 1. The number of nitrogens with one attached hydrogen (secondary N) is 1. The smallest absolute Gasteiger partial charge is 0.266 e. The lowest BCUT2D eigenvalue weighted by Crippen LogP contribution is -2.49. The molecule has 2 aromatic rings. The first-order chi connectivity index (χ1) is 13.5. The number of rotatable bonds is 4. The quantitative estimate of drug-likeness (QED) is 0.652. The van der Waals surface area contributed by atoms with E-state index < -0.39 is 0 Å². The summed E-state index contributed by atoms with van der Waals surface area (Å²) in [4.78, 5) is 16.5. The zero-order chi connectivity index (χ0) is 20.1. The van der Waals surface area contributed by atoms with Crippen LogP contribution in [0.2, 0.25) is 0 Å². The molecule has 1 fully saturated rings. The van der Waals surface area contributed by atoms with Crippen molar-refractivity contribution >= 4 is 17.3 Å². The van der Waals surface area contributed by atoms with Gasteiger partial charge in [0.05, 0.1) is 0 Å². The van der Waals surface area contributed by atoms with Crippen LogP contribution in [-0.2, 0) is 4.79 Å². The van der Waals surface area contributed by atoms with Crippen molar-refractivity contribution in [1.82, 2.24) is 4.90 Å². The van der Waals surface area contributed by atoms with Gasteiger partial charge >= 0.3 is 0 Å². The minimum atomic E-state index is -0.279. The Morgan fingerprint density at radius 3 is 2.39 bits per heavy atom. The molecule has 1 heterocycles. The number of anilines is 2. The molecular weight excluding hydrogens is 355 g/mol. The van der Waals surface area contributed by atoms with Gasteiger partial charge in [-0.25, -0.2) is 4.39 Å². The van der Waals surface area contributed by atoms with E-state index in [-0.39, 0.29) is 17.3 Å². The van der Waals surface area contributed by atoms with Gasteiger partial charge in [-0.2, -0.15) is 5.26 Å². The third kappa shape index (κ3) is 4.49. The van der Waals surface area contributed by atoms with Crippen LogP contribution in [0.25, 0.3) is 0 Å². The first-order valence-corrected chi connectivity index (χ1v) is 9.22. The lowest BCUT2D eigenvalue weighted by Gasteiger charge is -2.36. The van der Waals surface area contributed by atoms with Crippen molar-refractivity contribution in [3.8, 4) is 6.07 Å². The topological polar surface area (TPSA) is 59.4 Å². The Labute approximate surface area is 164 Å². The summed E-state index contributed by atoms with van der Waals surface area (Å²) in [6.45, 7) is 6.30. The maximum absolute atomic E-state index is 13.1. The van der Waals surface area contributed by atoms with Crippen molar-refractivity contribution < 1.29 is 9.18 Å². The Hall–Kier alpha value is -3.33. The molecule has 0 radical (unpaired) electrons. The fraction of sp³-hybridized carbons (Fsp3) is 0.273. The molecule has 0 atom stereocenters. The molecule has 2 aromatic carbocycles. The van der Waals surface area contributed by atoms with Crippen LogP contribution in [0.5, 0.6) is 0 Å². The number of aryl methyl sites for hydroxylation is 2. The zero-order valence-corrected chi connectivity index (χ0v) is 16.1. The Morgan fingerprint density at radius 1 is 1.11 bits per heavy atom. The normalized spacial score (nSPS) is 14.6. The van der Waals surface area contributed by atoms with E-state index >= 15 is 0 Å². The van der Waals surface area contributed by atoms with Gasteiger partial charge in [-0.15, -0.1) is 0 Å². The van der Waals surface area contributed by atoms with Gasteiger partial charge in [0.25, 0.3) is 5.91 Å². The van der Waals surface area contributed by atoms with E-state index in [0.717, 1.165) is 22.5 Å². The number of nitriles is 1. The lowest BCUT2D eigenvalue weighted by molar-refractivity contribution is -0.127. The number of nitrogens with zero attached hydrogens (tertiary/aromatic N) is 3. The first-order valence-electron chi connectivity index (χ1n) is 9.22. The molecule has 3 rings (SSSR count). The molecule has 144 valence electrons. The van der Waals surface area contributed by atoms with E-state index in [0.29, 0.717) is 26.2 Å². The molecule has 28 heavy (non-hydrogen) atoms. The highest BCUT2D eigenvalue weighted by Gasteiger charge is 2.24. The van der Waals surface area contributed by atoms with Gasteiger partial charge in [0, 0.05) is 43.8 Å². The van der Waals surface area contributed by atoms with Crippen LogP contribution in [0, 0.1) is 31.0 Å². The predicted molar refractivity (Wildman–Crippen MR) is 108 cm³/mol. The van der Waals surface area contributed by atoms with Crippen LogP contribution in [0.1, 0.15) is 11.1 Å². The fourth-order valence-corrected chi connectivity index (χ4v) is 3.26. The minimum absolute atomic E-state index is 0.0789. The first kappa shape index (κ1) is 19.4. The number of piperazine rings is 1.